The Labute approximate surface area is 79.3 Å². The second kappa shape index (κ2) is 2.45. The predicted molar refractivity (Wildman–Crippen MR) is 52.1 cm³/mol. The summed E-state index contributed by atoms with van der Waals surface area (Å²) in [6.45, 7) is 0. The molecule has 1 aliphatic heterocycles. The molecule has 0 aromatic heterocycles. The molecule has 4 heteroatoms. The highest BCUT2D eigenvalue weighted by Gasteiger charge is 2.25. The summed E-state index contributed by atoms with van der Waals surface area (Å²) in [4.78, 5) is 11.7. The van der Waals surface area contributed by atoms with Crippen LogP contribution in [0.25, 0.3) is 6.08 Å². The van der Waals surface area contributed by atoms with Gasteiger partial charge in [-0.2, -0.15) is 0 Å². The van der Waals surface area contributed by atoms with Gasteiger partial charge in [0.2, 0.25) is 0 Å². The molecule has 0 radical (unpaired) electrons. The Hall–Kier alpha value is -2.10. The first-order valence-corrected chi connectivity index (χ1v) is 4.21. The summed E-state index contributed by atoms with van der Waals surface area (Å²) in [6.07, 6.45) is 1.83. The van der Waals surface area contributed by atoms with E-state index in [1.807, 2.05) is 18.2 Å². The van der Waals surface area contributed by atoms with E-state index in [0.717, 1.165) is 5.56 Å². The lowest BCUT2D eigenvalue weighted by Crippen LogP contribution is -2.10. The van der Waals surface area contributed by atoms with Gasteiger partial charge in [0.15, 0.2) is 5.43 Å². The van der Waals surface area contributed by atoms with E-state index in [0.29, 0.717) is 17.0 Å². The first-order chi connectivity index (χ1) is 6.86. The van der Waals surface area contributed by atoms with Crippen LogP contribution in [0.5, 0.6) is 0 Å². The van der Waals surface area contributed by atoms with Gasteiger partial charge in [-0.25, -0.2) is 0 Å². The molecule has 0 saturated carbocycles. The molecule has 14 heavy (non-hydrogen) atoms. The standard InChI is InChI=1S/C10H5N3O/c14-8-4-2-1-3-6-5-7-10(9(6)8)12-13-11-7/h1-5H. The van der Waals surface area contributed by atoms with E-state index in [-0.39, 0.29) is 5.43 Å². The molecule has 0 unspecified atom stereocenters. The largest absolute Gasteiger partial charge is 0.289 e. The molecule has 1 heterocycles. The molecule has 0 atom stereocenters. The van der Waals surface area contributed by atoms with Crippen LogP contribution in [0.15, 0.2) is 50.2 Å². The van der Waals surface area contributed by atoms with E-state index in [1.165, 1.54) is 6.07 Å². The Balaban J connectivity index is 2.43. The second-order valence-corrected chi connectivity index (χ2v) is 3.08. The van der Waals surface area contributed by atoms with Crippen LogP contribution in [0, 0.1) is 0 Å². The topological polar surface area (TPSA) is 54.1 Å². The van der Waals surface area contributed by atoms with Gasteiger partial charge in [0.25, 0.3) is 0 Å². The van der Waals surface area contributed by atoms with Crippen molar-refractivity contribution in [2.45, 2.75) is 0 Å². The van der Waals surface area contributed by atoms with Crippen molar-refractivity contribution < 1.29 is 0 Å². The van der Waals surface area contributed by atoms with Crippen molar-refractivity contribution in [2.75, 3.05) is 0 Å². The molecule has 0 amide bonds. The fraction of sp³-hybridized carbons (Fsp3) is 0. The number of hydrogen-bond acceptors (Lipinski definition) is 4. The Morgan fingerprint density at radius 2 is 2.00 bits per heavy atom. The second-order valence-electron chi connectivity index (χ2n) is 3.08. The van der Waals surface area contributed by atoms with Crippen molar-refractivity contribution in [3.63, 3.8) is 0 Å². The van der Waals surface area contributed by atoms with Gasteiger partial charge in [0.1, 0.15) is 11.4 Å². The lowest BCUT2D eigenvalue weighted by molar-refractivity contribution is 1.10. The Morgan fingerprint density at radius 3 is 2.93 bits per heavy atom. The molecule has 0 bridgehead atoms. The molecular weight excluding hydrogens is 178 g/mol. The quantitative estimate of drug-likeness (QED) is 0.602. The minimum Gasteiger partial charge on any atom is -0.289 e. The van der Waals surface area contributed by atoms with Gasteiger partial charge < -0.3 is 0 Å². The molecule has 0 fully saturated rings. The van der Waals surface area contributed by atoms with Crippen molar-refractivity contribution in [3.8, 4) is 0 Å². The van der Waals surface area contributed by atoms with E-state index < -0.39 is 0 Å². The first kappa shape index (κ1) is 7.32. The van der Waals surface area contributed by atoms with Gasteiger partial charge in [0.05, 0.1) is 5.56 Å². The summed E-state index contributed by atoms with van der Waals surface area (Å²) in [7, 11) is 0. The number of rotatable bonds is 0. The Bertz CT molecular complexity index is 570. The lowest BCUT2D eigenvalue weighted by atomic mass is 10.1. The highest BCUT2D eigenvalue weighted by Crippen LogP contribution is 2.26. The highest BCUT2D eigenvalue weighted by molar-refractivity contribution is 6.20. The normalized spacial score (nSPS) is 16.0. The van der Waals surface area contributed by atoms with Crippen LogP contribution in [0.1, 0.15) is 11.1 Å². The lowest BCUT2D eigenvalue weighted by Gasteiger charge is -1.89. The van der Waals surface area contributed by atoms with Gasteiger partial charge in [-0.05, 0) is 22.9 Å². The fourth-order valence-electron chi connectivity index (χ4n) is 1.62. The molecule has 1 aromatic carbocycles. The molecular formula is C10H5N3O. The highest BCUT2D eigenvalue weighted by atomic mass is 16.1. The maximum Gasteiger partial charge on any atom is 0.188 e. The number of nitrogens with zero attached hydrogens (tertiary/aromatic N) is 3. The first-order valence-electron chi connectivity index (χ1n) is 4.21. The maximum atomic E-state index is 11.7. The molecule has 4 nitrogen and oxygen atoms in total. The third-order valence-corrected chi connectivity index (χ3v) is 2.24. The predicted octanol–water partition coefficient (Wildman–Crippen LogP) is 1.57. The Kier molecular flexibility index (Phi) is 1.28. The van der Waals surface area contributed by atoms with Gasteiger partial charge in [-0.1, -0.05) is 18.2 Å². The molecule has 66 valence electrons. The van der Waals surface area contributed by atoms with Crippen LogP contribution in [0.2, 0.25) is 0 Å². The van der Waals surface area contributed by atoms with Crippen LogP contribution in [0.4, 0.5) is 0 Å². The van der Waals surface area contributed by atoms with Crippen LogP contribution in [0.3, 0.4) is 0 Å². The SMILES string of the molecule is O=c1ccccc2c1C1=NN=NC1=C2. The van der Waals surface area contributed by atoms with Crippen molar-refractivity contribution in [1.29, 1.82) is 0 Å². The van der Waals surface area contributed by atoms with Gasteiger partial charge in [-0.3, -0.25) is 4.79 Å². The molecule has 0 saturated heterocycles. The van der Waals surface area contributed by atoms with Crippen molar-refractivity contribution >= 4 is 11.8 Å². The van der Waals surface area contributed by atoms with Crippen LogP contribution >= 0.6 is 0 Å². The van der Waals surface area contributed by atoms with Crippen LogP contribution in [-0.4, -0.2) is 5.71 Å². The van der Waals surface area contributed by atoms with Crippen LogP contribution < -0.4 is 5.43 Å². The zero-order valence-corrected chi connectivity index (χ0v) is 7.14. The third kappa shape index (κ3) is 0.821. The number of fused-ring (bicyclic) bond motifs is 3. The fourth-order valence-corrected chi connectivity index (χ4v) is 1.62. The summed E-state index contributed by atoms with van der Waals surface area (Å²) in [5, 5.41) is 11.2. The molecule has 0 N–H and O–H groups in total. The number of allylic oxidation sites excluding steroid dienone is 1. The molecule has 0 spiro atoms. The molecule has 3 rings (SSSR count). The molecule has 1 aliphatic carbocycles. The van der Waals surface area contributed by atoms with Crippen molar-refractivity contribution in [3.05, 3.63) is 51.3 Å². The summed E-state index contributed by atoms with van der Waals surface area (Å²) in [5.41, 5.74) is 2.72. The maximum absolute atomic E-state index is 11.7. The van der Waals surface area contributed by atoms with Crippen molar-refractivity contribution in [1.82, 2.24) is 0 Å². The van der Waals surface area contributed by atoms with Gasteiger partial charge >= 0.3 is 0 Å². The average Bonchev–Trinajstić information content (AvgIpc) is 2.66. The monoisotopic (exact) mass is 183 g/mol. The third-order valence-electron chi connectivity index (χ3n) is 2.24. The van der Waals surface area contributed by atoms with E-state index >= 15 is 0 Å². The zero-order chi connectivity index (χ0) is 9.54. The summed E-state index contributed by atoms with van der Waals surface area (Å²) < 4.78 is 0. The minimum atomic E-state index is -0.0395. The molecule has 1 aromatic rings. The van der Waals surface area contributed by atoms with Gasteiger partial charge in [0, 0.05) is 0 Å². The average molecular weight is 183 g/mol. The number of hydrogen-bond donors (Lipinski definition) is 0. The van der Waals surface area contributed by atoms with E-state index in [1.54, 1.807) is 6.07 Å². The summed E-state index contributed by atoms with van der Waals surface area (Å²) in [6, 6.07) is 6.95. The summed E-state index contributed by atoms with van der Waals surface area (Å²) >= 11 is 0. The van der Waals surface area contributed by atoms with E-state index in [4.69, 9.17) is 0 Å². The molecule has 2 aliphatic rings. The smallest absolute Gasteiger partial charge is 0.188 e. The Morgan fingerprint density at radius 1 is 1.14 bits per heavy atom. The van der Waals surface area contributed by atoms with E-state index in [2.05, 4.69) is 15.4 Å². The van der Waals surface area contributed by atoms with Crippen molar-refractivity contribution in [2.24, 2.45) is 15.4 Å². The zero-order valence-electron chi connectivity index (χ0n) is 7.14. The summed E-state index contributed by atoms with van der Waals surface area (Å²) in [5.74, 6) is 0. The van der Waals surface area contributed by atoms with Gasteiger partial charge in [-0.15, -0.1) is 10.2 Å². The van der Waals surface area contributed by atoms with Crippen LogP contribution in [-0.2, 0) is 0 Å². The van der Waals surface area contributed by atoms with E-state index in [9.17, 15) is 4.79 Å². The minimum absolute atomic E-state index is 0.0395.